The van der Waals surface area contributed by atoms with E-state index in [2.05, 4.69) is 15.3 Å². The molecule has 2 aromatic heterocycles. The number of likely N-dealkylation sites (tertiary alicyclic amines) is 1. The second-order valence-corrected chi connectivity index (χ2v) is 12.2. The van der Waals surface area contributed by atoms with E-state index in [1.807, 2.05) is 34.6 Å². The van der Waals surface area contributed by atoms with Crippen LogP contribution in [0.25, 0.3) is 5.78 Å². The number of carbonyl (C=O) groups excluding carboxylic acids is 3. The summed E-state index contributed by atoms with van der Waals surface area (Å²) in [6.07, 6.45) is 6.27. The predicted molar refractivity (Wildman–Crippen MR) is 155 cm³/mol. The van der Waals surface area contributed by atoms with E-state index in [1.54, 1.807) is 21.9 Å². The molecule has 0 bridgehead atoms. The number of carbonyl (C=O) groups is 3. The van der Waals surface area contributed by atoms with Crippen molar-refractivity contribution in [1.82, 2.24) is 29.5 Å². The first-order valence-electron chi connectivity index (χ1n) is 14.5. The van der Waals surface area contributed by atoms with Crippen molar-refractivity contribution < 1.29 is 23.2 Å². The van der Waals surface area contributed by atoms with E-state index in [4.69, 9.17) is 0 Å². The van der Waals surface area contributed by atoms with Gasteiger partial charge in [0.05, 0.1) is 6.20 Å². The molecule has 0 aliphatic carbocycles. The minimum Gasteiger partial charge on any atom is -0.344 e. The van der Waals surface area contributed by atoms with Gasteiger partial charge in [-0.15, -0.1) is 0 Å². The third kappa shape index (κ3) is 7.30. The Bertz CT molecular complexity index is 1420. The maximum atomic E-state index is 13.9. The second-order valence-electron chi connectivity index (χ2n) is 12.2. The third-order valence-electron chi connectivity index (χ3n) is 7.92. The summed E-state index contributed by atoms with van der Waals surface area (Å²) in [6.45, 7) is 10.6. The minimum atomic E-state index is -0.720. The van der Waals surface area contributed by atoms with Gasteiger partial charge < -0.3 is 15.1 Å². The molecule has 1 aliphatic rings. The van der Waals surface area contributed by atoms with Crippen molar-refractivity contribution in [1.29, 1.82) is 0 Å². The summed E-state index contributed by atoms with van der Waals surface area (Å²) in [4.78, 5) is 52.2. The van der Waals surface area contributed by atoms with Gasteiger partial charge in [-0.2, -0.15) is 0 Å². The van der Waals surface area contributed by atoms with E-state index in [0.29, 0.717) is 32.4 Å². The molecule has 1 aliphatic heterocycles. The average molecular weight is 583 g/mol. The van der Waals surface area contributed by atoms with E-state index >= 15 is 0 Å². The van der Waals surface area contributed by atoms with E-state index in [0.717, 1.165) is 18.2 Å². The van der Waals surface area contributed by atoms with E-state index < -0.39 is 17.3 Å². The molecule has 11 heteroatoms. The van der Waals surface area contributed by atoms with Crippen LogP contribution in [0.3, 0.4) is 0 Å². The zero-order chi connectivity index (χ0) is 30.6. The third-order valence-corrected chi connectivity index (χ3v) is 7.92. The molecule has 0 radical (unpaired) electrons. The van der Waals surface area contributed by atoms with Crippen molar-refractivity contribution in [3.05, 3.63) is 65.7 Å². The molecular weight excluding hydrogens is 542 g/mol. The first-order valence-corrected chi connectivity index (χ1v) is 14.5. The number of amides is 3. The number of nitrogens with one attached hydrogen (secondary N) is 1. The molecule has 0 unspecified atom stereocenters. The van der Waals surface area contributed by atoms with Crippen LogP contribution in [0.15, 0.2) is 42.9 Å². The normalized spacial score (nSPS) is 16.8. The Morgan fingerprint density at radius 1 is 1.12 bits per heavy atom. The first kappa shape index (κ1) is 31.1. The summed E-state index contributed by atoms with van der Waals surface area (Å²) < 4.78 is 28.6. The molecule has 3 heterocycles. The molecule has 0 spiro atoms. The van der Waals surface area contributed by atoms with Gasteiger partial charge in [-0.05, 0) is 48.8 Å². The molecule has 42 heavy (non-hydrogen) atoms. The fraction of sp³-hybridized carbons (Fsp3) is 0.516. The molecule has 3 amide bonds. The Morgan fingerprint density at radius 2 is 1.83 bits per heavy atom. The van der Waals surface area contributed by atoms with Crippen molar-refractivity contribution in [2.24, 2.45) is 11.3 Å². The first-order chi connectivity index (χ1) is 19.9. The van der Waals surface area contributed by atoms with Crippen molar-refractivity contribution in [3.63, 3.8) is 0 Å². The van der Waals surface area contributed by atoms with Crippen LogP contribution in [0.1, 0.15) is 69.9 Å². The lowest BCUT2D eigenvalue weighted by Crippen LogP contribution is -2.57. The number of halogens is 2. The van der Waals surface area contributed by atoms with Gasteiger partial charge in [-0.25, -0.2) is 18.7 Å². The van der Waals surface area contributed by atoms with Crippen LogP contribution in [0.4, 0.5) is 8.78 Å². The molecule has 1 saturated heterocycles. The van der Waals surface area contributed by atoms with Crippen molar-refractivity contribution in [3.8, 4) is 0 Å². The summed E-state index contributed by atoms with van der Waals surface area (Å²) in [5.74, 6) is -1.62. The van der Waals surface area contributed by atoms with Crippen LogP contribution < -0.4 is 5.32 Å². The number of benzene rings is 1. The van der Waals surface area contributed by atoms with Crippen molar-refractivity contribution >= 4 is 23.5 Å². The SMILES string of the molecule is CC[C@@H](C)C(=O)N[C@H](C(=O)N1CCC[C@H]1CN(CCc1ccc(F)cc1)C(=O)c1cn2cc(F)cnc2n1)C(C)(C)C. The highest BCUT2D eigenvalue weighted by molar-refractivity contribution is 5.93. The number of hydrogen-bond acceptors (Lipinski definition) is 5. The lowest BCUT2D eigenvalue weighted by molar-refractivity contribution is -0.141. The zero-order valence-electron chi connectivity index (χ0n) is 24.9. The predicted octanol–water partition coefficient (Wildman–Crippen LogP) is 4.26. The van der Waals surface area contributed by atoms with Gasteiger partial charge in [0.25, 0.3) is 5.91 Å². The van der Waals surface area contributed by atoms with Crippen LogP contribution in [0, 0.1) is 23.0 Å². The molecule has 0 saturated carbocycles. The van der Waals surface area contributed by atoms with Gasteiger partial charge >= 0.3 is 0 Å². The van der Waals surface area contributed by atoms with Gasteiger partial charge in [-0.3, -0.25) is 18.8 Å². The Balaban J connectivity index is 1.58. The monoisotopic (exact) mass is 582 g/mol. The van der Waals surface area contributed by atoms with E-state index in [9.17, 15) is 23.2 Å². The average Bonchev–Trinajstić information content (AvgIpc) is 3.59. The summed E-state index contributed by atoms with van der Waals surface area (Å²) in [5.41, 5.74) is 0.439. The Labute approximate surface area is 245 Å². The van der Waals surface area contributed by atoms with Gasteiger partial charge in [-0.1, -0.05) is 46.8 Å². The topological polar surface area (TPSA) is 99.9 Å². The zero-order valence-corrected chi connectivity index (χ0v) is 24.9. The molecule has 1 aromatic carbocycles. The molecular formula is C31H40F2N6O3. The fourth-order valence-corrected chi connectivity index (χ4v) is 5.17. The highest BCUT2D eigenvalue weighted by atomic mass is 19.1. The number of rotatable bonds is 10. The van der Waals surface area contributed by atoms with Crippen LogP contribution in [0.5, 0.6) is 0 Å². The van der Waals surface area contributed by atoms with E-state index in [-0.39, 0.29) is 53.5 Å². The molecule has 3 atom stereocenters. The number of imidazole rings is 1. The molecule has 226 valence electrons. The summed E-state index contributed by atoms with van der Waals surface area (Å²) in [7, 11) is 0. The Kier molecular flexibility index (Phi) is 9.58. The number of hydrogen-bond donors (Lipinski definition) is 1. The molecule has 4 rings (SSSR count). The lowest BCUT2D eigenvalue weighted by atomic mass is 9.85. The smallest absolute Gasteiger partial charge is 0.274 e. The molecule has 3 aromatic rings. The Morgan fingerprint density at radius 3 is 2.50 bits per heavy atom. The van der Waals surface area contributed by atoms with Crippen LogP contribution >= 0.6 is 0 Å². The van der Waals surface area contributed by atoms with Crippen molar-refractivity contribution in [2.45, 2.75) is 72.4 Å². The highest BCUT2D eigenvalue weighted by Crippen LogP contribution is 2.27. The van der Waals surface area contributed by atoms with Gasteiger partial charge in [0.15, 0.2) is 5.82 Å². The van der Waals surface area contributed by atoms with Crippen LogP contribution in [-0.4, -0.2) is 73.6 Å². The maximum Gasteiger partial charge on any atom is 0.274 e. The fourth-order valence-electron chi connectivity index (χ4n) is 5.17. The summed E-state index contributed by atoms with van der Waals surface area (Å²) in [6, 6.07) is 5.11. The molecule has 1 N–H and O–H groups in total. The van der Waals surface area contributed by atoms with Gasteiger partial charge in [0.2, 0.25) is 17.6 Å². The second kappa shape index (κ2) is 13.0. The van der Waals surface area contributed by atoms with Gasteiger partial charge in [0.1, 0.15) is 17.6 Å². The number of aromatic nitrogens is 3. The van der Waals surface area contributed by atoms with Crippen LogP contribution in [0.2, 0.25) is 0 Å². The summed E-state index contributed by atoms with van der Waals surface area (Å²) in [5, 5.41) is 2.99. The summed E-state index contributed by atoms with van der Waals surface area (Å²) >= 11 is 0. The Hall–Kier alpha value is -3.89. The largest absolute Gasteiger partial charge is 0.344 e. The maximum absolute atomic E-state index is 13.9. The number of nitrogens with zero attached hydrogens (tertiary/aromatic N) is 5. The van der Waals surface area contributed by atoms with E-state index in [1.165, 1.54) is 28.9 Å². The highest BCUT2D eigenvalue weighted by Gasteiger charge is 2.41. The van der Waals surface area contributed by atoms with Crippen LogP contribution in [-0.2, 0) is 16.0 Å². The van der Waals surface area contributed by atoms with Gasteiger partial charge in [0, 0.05) is 44.0 Å². The minimum absolute atomic E-state index is 0.108. The quantitative estimate of drug-likeness (QED) is 0.385. The molecule has 9 nitrogen and oxygen atoms in total. The van der Waals surface area contributed by atoms with Crippen molar-refractivity contribution in [2.75, 3.05) is 19.6 Å². The lowest BCUT2D eigenvalue weighted by Gasteiger charge is -2.37. The standard InChI is InChI=1S/C31H40F2N6O3/c1-6-20(2)27(40)36-26(31(3,4)5)29(42)39-14-7-8-24(39)18-37(15-13-21-9-11-22(32)12-10-21)28(41)25-19-38-17-23(33)16-34-30(38)35-25/h9-12,16-17,19-20,24,26H,6-8,13-15,18H2,1-5H3,(H,36,40)/t20-,24+,26-/m1/s1. The number of fused-ring (bicyclic) bond motifs is 1. The molecule has 1 fully saturated rings.